The standard InChI is InChI=1S/C25H22FNO2/c26-17-9-7-14(8-10-17)23-20-6-2-5-19(20)22-12-16(25(28)29)11-21-18-4-1-3-15(18)13-27(23)24(21)22/h1-2,4-5,7-12,15,18-20,23H,3,6,13H2,(H,28,29)/p-1/t15-,18+,19+,20-,23+/m1/s1. The molecule has 2 aliphatic carbocycles. The maximum absolute atomic E-state index is 13.6. The van der Waals surface area contributed by atoms with Crippen molar-refractivity contribution in [1.82, 2.24) is 0 Å². The second-order valence-corrected chi connectivity index (χ2v) is 8.74. The van der Waals surface area contributed by atoms with Crippen LogP contribution in [0.2, 0.25) is 0 Å². The third-order valence-corrected chi connectivity index (χ3v) is 7.30. The van der Waals surface area contributed by atoms with E-state index in [2.05, 4.69) is 29.2 Å². The molecule has 2 heterocycles. The Balaban J connectivity index is 1.59. The fourth-order valence-corrected chi connectivity index (χ4v) is 6.13. The lowest BCUT2D eigenvalue weighted by Gasteiger charge is -2.51. The van der Waals surface area contributed by atoms with Gasteiger partial charge in [-0.1, -0.05) is 36.4 Å². The summed E-state index contributed by atoms with van der Waals surface area (Å²) in [5.41, 5.74) is 4.81. The number of rotatable bonds is 2. The molecule has 5 atom stereocenters. The zero-order chi connectivity index (χ0) is 19.7. The number of benzene rings is 2. The van der Waals surface area contributed by atoms with E-state index < -0.39 is 5.97 Å². The smallest absolute Gasteiger partial charge is 0.123 e. The summed E-state index contributed by atoms with van der Waals surface area (Å²) in [7, 11) is 0. The Kier molecular flexibility index (Phi) is 3.55. The van der Waals surface area contributed by atoms with E-state index in [0.717, 1.165) is 36.1 Å². The van der Waals surface area contributed by atoms with E-state index in [1.807, 2.05) is 24.3 Å². The van der Waals surface area contributed by atoms with Crippen LogP contribution in [0.4, 0.5) is 10.1 Å². The number of carboxylic acids is 1. The topological polar surface area (TPSA) is 43.4 Å². The number of carbonyl (C=O) groups excluding carboxylic acids is 1. The molecule has 0 bridgehead atoms. The number of anilines is 1. The molecule has 3 nitrogen and oxygen atoms in total. The molecule has 0 fully saturated rings. The van der Waals surface area contributed by atoms with Gasteiger partial charge in [-0.3, -0.25) is 0 Å². The van der Waals surface area contributed by atoms with Crippen LogP contribution in [0.5, 0.6) is 0 Å². The Morgan fingerprint density at radius 1 is 1.00 bits per heavy atom. The van der Waals surface area contributed by atoms with E-state index in [1.165, 1.54) is 5.69 Å². The number of carboxylic acid groups (broad SMARTS) is 1. The van der Waals surface area contributed by atoms with Crippen LogP contribution in [0.1, 0.15) is 57.8 Å². The highest BCUT2D eigenvalue weighted by atomic mass is 19.1. The molecule has 2 aromatic carbocycles. The summed E-state index contributed by atoms with van der Waals surface area (Å²) in [6.07, 6.45) is 10.8. The molecule has 0 unspecified atom stereocenters. The van der Waals surface area contributed by atoms with Gasteiger partial charge < -0.3 is 14.8 Å². The van der Waals surface area contributed by atoms with Gasteiger partial charge >= 0.3 is 0 Å². The van der Waals surface area contributed by atoms with Gasteiger partial charge in [0.1, 0.15) is 5.82 Å². The van der Waals surface area contributed by atoms with Gasteiger partial charge in [0.25, 0.3) is 0 Å². The lowest BCUT2D eigenvalue weighted by atomic mass is 9.70. The van der Waals surface area contributed by atoms with Crippen LogP contribution in [-0.4, -0.2) is 12.5 Å². The molecule has 2 aliphatic heterocycles. The molecule has 6 rings (SSSR count). The van der Waals surface area contributed by atoms with Gasteiger partial charge in [0.15, 0.2) is 0 Å². The van der Waals surface area contributed by atoms with E-state index in [-0.39, 0.29) is 29.3 Å². The molecule has 4 heteroatoms. The Hall–Kier alpha value is -2.88. The van der Waals surface area contributed by atoms with Crippen molar-refractivity contribution in [3.63, 3.8) is 0 Å². The van der Waals surface area contributed by atoms with E-state index >= 15 is 0 Å². The predicted molar refractivity (Wildman–Crippen MR) is 107 cm³/mol. The summed E-state index contributed by atoms with van der Waals surface area (Å²) < 4.78 is 13.6. The summed E-state index contributed by atoms with van der Waals surface area (Å²) in [5.74, 6) is -0.126. The van der Waals surface area contributed by atoms with E-state index in [9.17, 15) is 14.3 Å². The first-order valence-electron chi connectivity index (χ1n) is 10.4. The number of hydrogen-bond acceptors (Lipinski definition) is 3. The number of carbonyl (C=O) groups is 1. The lowest BCUT2D eigenvalue weighted by molar-refractivity contribution is -0.255. The SMILES string of the molecule is O=C([O-])c1cc2c3c(c1)[C@H]1C=CC[C@H]1[C@H](c1ccc(F)cc1)N3C[C@H]1CC=C[C@H]21. The van der Waals surface area contributed by atoms with Crippen molar-refractivity contribution in [1.29, 1.82) is 0 Å². The lowest BCUT2D eigenvalue weighted by Crippen LogP contribution is -2.46. The van der Waals surface area contributed by atoms with Crippen LogP contribution < -0.4 is 10.0 Å². The summed E-state index contributed by atoms with van der Waals surface area (Å²) in [6, 6.07) is 10.7. The first-order valence-corrected chi connectivity index (χ1v) is 10.4. The molecule has 146 valence electrons. The van der Waals surface area contributed by atoms with Gasteiger partial charge in [0.2, 0.25) is 0 Å². The van der Waals surface area contributed by atoms with Crippen molar-refractivity contribution in [3.8, 4) is 0 Å². The molecule has 0 saturated heterocycles. The molecule has 0 saturated carbocycles. The molecule has 2 aromatic rings. The van der Waals surface area contributed by atoms with Gasteiger partial charge in [-0.05, 0) is 71.2 Å². The van der Waals surface area contributed by atoms with Crippen molar-refractivity contribution in [2.24, 2.45) is 11.8 Å². The molecule has 0 amide bonds. The summed E-state index contributed by atoms with van der Waals surface area (Å²) >= 11 is 0. The Morgan fingerprint density at radius 3 is 2.45 bits per heavy atom. The normalized spacial score (nSPS) is 30.8. The number of hydrogen-bond donors (Lipinski definition) is 0. The number of halogens is 1. The first-order chi connectivity index (χ1) is 14.1. The van der Waals surface area contributed by atoms with E-state index in [1.54, 1.807) is 12.1 Å². The van der Waals surface area contributed by atoms with Gasteiger partial charge in [-0.15, -0.1) is 0 Å². The van der Waals surface area contributed by atoms with Gasteiger partial charge in [0.05, 0.1) is 12.0 Å². The molecule has 0 spiro atoms. The Labute approximate surface area is 169 Å². The molecule has 29 heavy (non-hydrogen) atoms. The quantitative estimate of drug-likeness (QED) is 0.731. The van der Waals surface area contributed by atoms with Crippen LogP contribution in [-0.2, 0) is 0 Å². The number of fused-ring (bicyclic) bond motifs is 4. The summed E-state index contributed by atoms with van der Waals surface area (Å²) in [4.78, 5) is 14.2. The molecular formula is C25H21FNO2-. The molecule has 4 aliphatic rings. The van der Waals surface area contributed by atoms with E-state index in [4.69, 9.17) is 0 Å². The fraction of sp³-hybridized carbons (Fsp3) is 0.320. The van der Waals surface area contributed by atoms with Crippen LogP contribution in [0.25, 0.3) is 0 Å². The van der Waals surface area contributed by atoms with Gasteiger partial charge in [-0.25, -0.2) is 4.39 Å². The second-order valence-electron chi connectivity index (χ2n) is 8.74. The third-order valence-electron chi connectivity index (χ3n) is 7.30. The number of aromatic carboxylic acids is 1. The van der Waals surface area contributed by atoms with Crippen LogP contribution in [0.15, 0.2) is 60.7 Å². The van der Waals surface area contributed by atoms with Gasteiger partial charge in [0, 0.05) is 24.1 Å². The predicted octanol–water partition coefficient (Wildman–Crippen LogP) is 4.08. The van der Waals surface area contributed by atoms with Crippen molar-refractivity contribution >= 4 is 11.7 Å². The molecule has 0 N–H and O–H groups in total. The first kappa shape index (κ1) is 17.0. The average molecular weight is 386 g/mol. The van der Waals surface area contributed by atoms with Crippen LogP contribution in [0, 0.1) is 17.7 Å². The largest absolute Gasteiger partial charge is 0.545 e. The minimum absolute atomic E-state index is 0.164. The van der Waals surface area contributed by atoms with Crippen molar-refractivity contribution in [2.45, 2.75) is 30.7 Å². The minimum Gasteiger partial charge on any atom is -0.545 e. The maximum Gasteiger partial charge on any atom is 0.123 e. The van der Waals surface area contributed by atoms with Crippen molar-refractivity contribution in [2.75, 3.05) is 11.4 Å². The monoisotopic (exact) mass is 386 g/mol. The maximum atomic E-state index is 13.6. The second kappa shape index (κ2) is 6.06. The summed E-state index contributed by atoms with van der Waals surface area (Å²) in [5, 5.41) is 11.8. The number of nitrogens with zero attached hydrogens (tertiary/aromatic N) is 1. The fourth-order valence-electron chi connectivity index (χ4n) is 6.13. The minimum atomic E-state index is -1.11. The average Bonchev–Trinajstić information content (AvgIpc) is 3.38. The van der Waals surface area contributed by atoms with Crippen LogP contribution in [0.3, 0.4) is 0 Å². The Morgan fingerprint density at radius 2 is 1.69 bits per heavy atom. The highest BCUT2D eigenvalue weighted by Gasteiger charge is 2.47. The molecular weight excluding hydrogens is 365 g/mol. The number of allylic oxidation sites excluding steroid dienone is 4. The van der Waals surface area contributed by atoms with Crippen LogP contribution >= 0.6 is 0 Å². The van der Waals surface area contributed by atoms with Crippen molar-refractivity contribution < 1.29 is 14.3 Å². The Bertz CT molecular complexity index is 1050. The zero-order valence-corrected chi connectivity index (χ0v) is 15.9. The van der Waals surface area contributed by atoms with E-state index in [0.29, 0.717) is 11.8 Å². The van der Waals surface area contributed by atoms with Crippen molar-refractivity contribution in [3.05, 3.63) is 88.8 Å². The summed E-state index contributed by atoms with van der Waals surface area (Å²) in [6.45, 7) is 0.938. The highest BCUT2D eigenvalue weighted by Crippen LogP contribution is 2.58. The third kappa shape index (κ3) is 2.38. The highest BCUT2D eigenvalue weighted by molar-refractivity contribution is 5.89. The molecule has 0 radical (unpaired) electrons. The van der Waals surface area contributed by atoms with Gasteiger partial charge in [-0.2, -0.15) is 0 Å². The molecule has 0 aromatic heterocycles. The zero-order valence-electron chi connectivity index (χ0n) is 15.9.